The Hall–Kier alpha value is -3.08. The largest absolute Gasteiger partial charge is 0.506 e. The number of carbonyl (C=O) groups excluding carboxylic acids is 1. The molecule has 0 aromatic heterocycles. The highest BCUT2D eigenvalue weighted by atomic mass is 16.6. The first-order chi connectivity index (χ1) is 9.42. The number of aliphatic hydroxyl groups excluding tert-OH is 1. The van der Waals surface area contributed by atoms with Gasteiger partial charge in [0.2, 0.25) is 0 Å². The highest BCUT2D eigenvalue weighted by Crippen LogP contribution is 2.29. The average Bonchev–Trinajstić information content (AvgIpc) is 2.39. The smallest absolute Gasteiger partial charge is 0.352 e. The molecular weight excluding hydrogens is 268 g/mol. The zero-order chi connectivity index (χ0) is 15.3. The van der Waals surface area contributed by atoms with Crippen molar-refractivity contribution in [3.8, 4) is 11.8 Å². The Bertz CT molecular complexity index is 629. The van der Waals surface area contributed by atoms with E-state index < -0.39 is 33.7 Å². The molecule has 0 aliphatic heterocycles. The minimum atomic E-state index is -1.04. The summed E-state index contributed by atoms with van der Waals surface area (Å²) in [4.78, 5) is 21.2. The summed E-state index contributed by atoms with van der Waals surface area (Å²) in [5.74, 6) is -2.39. The maximum absolute atomic E-state index is 11.4. The van der Waals surface area contributed by atoms with Crippen LogP contribution in [0.1, 0.15) is 12.5 Å². The van der Waals surface area contributed by atoms with E-state index in [1.807, 2.05) is 0 Å². The van der Waals surface area contributed by atoms with E-state index in [2.05, 4.69) is 4.74 Å². The van der Waals surface area contributed by atoms with Crippen LogP contribution in [0.4, 0.5) is 5.69 Å². The summed E-state index contributed by atoms with van der Waals surface area (Å²) in [6.45, 7) is 1.53. The van der Waals surface area contributed by atoms with Crippen molar-refractivity contribution >= 4 is 17.4 Å². The highest BCUT2D eigenvalue weighted by Gasteiger charge is 2.21. The second-order valence-corrected chi connectivity index (χ2v) is 3.52. The lowest BCUT2D eigenvalue weighted by molar-refractivity contribution is -0.385. The van der Waals surface area contributed by atoms with E-state index in [0.29, 0.717) is 0 Å². The molecule has 8 nitrogen and oxygen atoms in total. The third kappa shape index (κ3) is 3.02. The van der Waals surface area contributed by atoms with Crippen molar-refractivity contribution in [2.75, 3.05) is 6.61 Å². The van der Waals surface area contributed by atoms with Gasteiger partial charge in [0.15, 0.2) is 11.3 Å². The summed E-state index contributed by atoms with van der Waals surface area (Å²) < 4.78 is 4.58. The first-order valence-electron chi connectivity index (χ1n) is 5.40. The van der Waals surface area contributed by atoms with Crippen LogP contribution in [0.3, 0.4) is 0 Å². The van der Waals surface area contributed by atoms with Gasteiger partial charge in [0.1, 0.15) is 11.8 Å². The lowest BCUT2D eigenvalue weighted by Crippen LogP contribution is -2.08. The number of aromatic hydroxyl groups is 1. The first-order valence-corrected chi connectivity index (χ1v) is 5.40. The van der Waals surface area contributed by atoms with Gasteiger partial charge in [-0.15, -0.1) is 0 Å². The SMILES string of the molecule is CCOC(=O)/C(C#N)=C(\O)c1ccc(O)c([N+](=O)[O-])c1. The summed E-state index contributed by atoms with van der Waals surface area (Å²) in [6.07, 6.45) is 0. The molecule has 104 valence electrons. The molecule has 0 aliphatic carbocycles. The molecule has 2 N–H and O–H groups in total. The highest BCUT2D eigenvalue weighted by molar-refractivity contribution is 6.00. The molecule has 0 amide bonds. The van der Waals surface area contributed by atoms with Crippen LogP contribution in [0.15, 0.2) is 23.8 Å². The van der Waals surface area contributed by atoms with Gasteiger partial charge in [0.25, 0.3) is 0 Å². The Balaban J connectivity index is 3.35. The molecule has 1 aromatic rings. The summed E-state index contributed by atoms with van der Waals surface area (Å²) >= 11 is 0. The van der Waals surface area contributed by atoms with Crippen molar-refractivity contribution in [3.63, 3.8) is 0 Å². The second kappa shape index (κ2) is 6.19. The quantitative estimate of drug-likeness (QED) is 0.213. The number of nitro groups is 1. The van der Waals surface area contributed by atoms with Gasteiger partial charge in [-0.25, -0.2) is 4.79 Å². The number of nitrogens with zero attached hydrogens (tertiary/aromatic N) is 2. The zero-order valence-corrected chi connectivity index (χ0v) is 10.4. The fourth-order valence-electron chi connectivity index (χ4n) is 1.36. The molecule has 0 bridgehead atoms. The molecule has 20 heavy (non-hydrogen) atoms. The van der Waals surface area contributed by atoms with Crippen molar-refractivity contribution in [1.29, 1.82) is 5.26 Å². The summed E-state index contributed by atoms with van der Waals surface area (Å²) in [7, 11) is 0. The van der Waals surface area contributed by atoms with E-state index in [4.69, 9.17) is 5.26 Å². The van der Waals surface area contributed by atoms with Crippen LogP contribution in [0, 0.1) is 21.4 Å². The number of ether oxygens (including phenoxy) is 1. The maximum atomic E-state index is 11.4. The number of benzene rings is 1. The first kappa shape index (κ1) is 15.0. The molecule has 8 heteroatoms. The second-order valence-electron chi connectivity index (χ2n) is 3.52. The Morgan fingerprint density at radius 2 is 2.20 bits per heavy atom. The van der Waals surface area contributed by atoms with Crippen molar-refractivity contribution in [3.05, 3.63) is 39.4 Å². The number of esters is 1. The number of phenolic OH excluding ortho intramolecular Hbond substituents is 1. The Morgan fingerprint density at radius 1 is 1.55 bits per heavy atom. The molecule has 1 aromatic carbocycles. The third-order valence-corrected chi connectivity index (χ3v) is 2.27. The Kier molecular flexibility index (Phi) is 4.64. The maximum Gasteiger partial charge on any atom is 0.352 e. The van der Waals surface area contributed by atoms with Gasteiger partial charge in [0, 0.05) is 11.6 Å². The third-order valence-electron chi connectivity index (χ3n) is 2.27. The molecule has 0 saturated carbocycles. The molecule has 0 spiro atoms. The van der Waals surface area contributed by atoms with Crippen LogP contribution in [0.2, 0.25) is 0 Å². The van der Waals surface area contributed by atoms with Crippen molar-refractivity contribution < 1.29 is 24.7 Å². The minimum absolute atomic E-state index is 0.00696. The number of nitriles is 1. The van der Waals surface area contributed by atoms with Gasteiger partial charge in [-0.1, -0.05) is 0 Å². The van der Waals surface area contributed by atoms with Crippen molar-refractivity contribution in [2.45, 2.75) is 6.92 Å². The molecule has 1 rings (SSSR count). The fourth-order valence-corrected chi connectivity index (χ4v) is 1.36. The van der Waals surface area contributed by atoms with Gasteiger partial charge in [-0.05, 0) is 19.1 Å². The van der Waals surface area contributed by atoms with Crippen LogP contribution >= 0.6 is 0 Å². The molecular formula is C12H10N2O6. The van der Waals surface area contributed by atoms with Crippen LogP contribution in [0.25, 0.3) is 5.76 Å². The predicted molar refractivity (Wildman–Crippen MR) is 66.6 cm³/mol. The minimum Gasteiger partial charge on any atom is -0.506 e. The number of aliphatic hydroxyl groups is 1. The van der Waals surface area contributed by atoms with E-state index in [-0.39, 0.29) is 12.2 Å². The van der Waals surface area contributed by atoms with E-state index in [0.717, 1.165) is 18.2 Å². The number of hydrogen-bond donors (Lipinski definition) is 2. The average molecular weight is 278 g/mol. The van der Waals surface area contributed by atoms with Crippen LogP contribution in [0.5, 0.6) is 5.75 Å². The zero-order valence-electron chi connectivity index (χ0n) is 10.4. The molecule has 0 atom stereocenters. The van der Waals surface area contributed by atoms with Crippen LogP contribution < -0.4 is 0 Å². The van der Waals surface area contributed by atoms with Gasteiger partial charge < -0.3 is 14.9 Å². The summed E-state index contributed by atoms with van der Waals surface area (Å²) in [6, 6.07) is 4.43. The van der Waals surface area contributed by atoms with Crippen LogP contribution in [-0.4, -0.2) is 27.7 Å². The van der Waals surface area contributed by atoms with E-state index in [1.165, 1.54) is 13.0 Å². The van der Waals surface area contributed by atoms with Crippen molar-refractivity contribution in [2.24, 2.45) is 0 Å². The summed E-state index contributed by atoms with van der Waals surface area (Å²) in [5.41, 5.74) is -1.49. The van der Waals surface area contributed by atoms with E-state index >= 15 is 0 Å². The van der Waals surface area contributed by atoms with Gasteiger partial charge >= 0.3 is 11.7 Å². The number of phenols is 1. The molecule has 0 saturated heterocycles. The molecule has 0 radical (unpaired) electrons. The van der Waals surface area contributed by atoms with Gasteiger partial charge in [0.05, 0.1) is 11.5 Å². The Morgan fingerprint density at radius 3 is 2.70 bits per heavy atom. The number of nitro benzene ring substituents is 1. The topological polar surface area (TPSA) is 134 Å². The fraction of sp³-hybridized carbons (Fsp3) is 0.167. The van der Waals surface area contributed by atoms with Crippen LogP contribution in [-0.2, 0) is 9.53 Å². The van der Waals surface area contributed by atoms with E-state index in [9.17, 15) is 25.1 Å². The van der Waals surface area contributed by atoms with E-state index in [1.54, 1.807) is 0 Å². The number of hydrogen-bond acceptors (Lipinski definition) is 7. The van der Waals surface area contributed by atoms with Gasteiger partial charge in [-0.3, -0.25) is 10.1 Å². The van der Waals surface area contributed by atoms with Crippen molar-refractivity contribution in [1.82, 2.24) is 0 Å². The lowest BCUT2D eigenvalue weighted by Gasteiger charge is -2.05. The Labute approximate surface area is 113 Å². The summed E-state index contributed by atoms with van der Waals surface area (Å²) in [5, 5.41) is 38.6. The molecule has 0 unspecified atom stereocenters. The molecule has 0 heterocycles. The molecule has 0 fully saturated rings. The predicted octanol–water partition coefficient (Wildman–Crippen LogP) is 1.66. The van der Waals surface area contributed by atoms with Gasteiger partial charge in [-0.2, -0.15) is 5.26 Å². The normalized spacial score (nSPS) is 11.2. The lowest BCUT2D eigenvalue weighted by atomic mass is 10.1. The number of carbonyl (C=O) groups is 1. The number of rotatable bonds is 4. The molecule has 0 aliphatic rings. The monoisotopic (exact) mass is 278 g/mol. The standard InChI is InChI=1S/C12H10N2O6/c1-2-20-12(17)8(6-13)11(16)7-3-4-10(15)9(5-7)14(18)19/h3-5,15-16H,2H2,1H3/b11-8-.